The zero-order valence-corrected chi connectivity index (χ0v) is 18.2. The van der Waals surface area contributed by atoms with E-state index in [1.165, 1.54) is 0 Å². The van der Waals surface area contributed by atoms with Crippen LogP contribution in [0.2, 0.25) is 0 Å². The SMILES string of the molecule is Cc1cc(/C=C(\C#N)C(=O)NCC(=O)NCCc2ccccc2)c(C)n1CC(C)C. The van der Waals surface area contributed by atoms with Gasteiger partial charge in [-0.1, -0.05) is 44.2 Å². The van der Waals surface area contributed by atoms with E-state index < -0.39 is 5.91 Å². The first kappa shape index (κ1) is 23.0. The van der Waals surface area contributed by atoms with E-state index in [4.69, 9.17) is 0 Å². The van der Waals surface area contributed by atoms with Gasteiger partial charge in [-0.25, -0.2) is 0 Å². The molecular formula is C24H30N4O2. The van der Waals surface area contributed by atoms with Gasteiger partial charge in [0.15, 0.2) is 0 Å². The summed E-state index contributed by atoms with van der Waals surface area (Å²) in [6, 6.07) is 13.8. The highest BCUT2D eigenvalue weighted by Gasteiger charge is 2.14. The number of amides is 2. The van der Waals surface area contributed by atoms with Gasteiger partial charge in [0.2, 0.25) is 5.91 Å². The Morgan fingerprint density at radius 3 is 2.50 bits per heavy atom. The van der Waals surface area contributed by atoms with Crippen molar-refractivity contribution in [3.8, 4) is 6.07 Å². The summed E-state index contributed by atoms with van der Waals surface area (Å²) >= 11 is 0. The third-order valence-corrected chi connectivity index (χ3v) is 4.81. The quantitative estimate of drug-likeness (QED) is 0.495. The molecule has 0 saturated heterocycles. The second kappa shape index (κ2) is 11.0. The maximum atomic E-state index is 12.4. The van der Waals surface area contributed by atoms with Gasteiger partial charge in [0.1, 0.15) is 11.6 Å². The number of nitrogens with zero attached hydrogens (tertiary/aromatic N) is 2. The summed E-state index contributed by atoms with van der Waals surface area (Å²) in [7, 11) is 0. The molecule has 158 valence electrons. The van der Waals surface area contributed by atoms with Gasteiger partial charge in [0, 0.05) is 24.5 Å². The minimum atomic E-state index is -0.552. The lowest BCUT2D eigenvalue weighted by atomic mass is 10.1. The summed E-state index contributed by atoms with van der Waals surface area (Å²) in [5.74, 6) is -0.346. The van der Waals surface area contributed by atoms with Gasteiger partial charge in [-0.05, 0) is 49.5 Å². The molecule has 0 bridgehead atoms. The van der Waals surface area contributed by atoms with Crippen LogP contribution >= 0.6 is 0 Å². The van der Waals surface area contributed by atoms with Crippen molar-refractivity contribution in [2.45, 2.75) is 40.7 Å². The average molecular weight is 407 g/mol. The largest absolute Gasteiger partial charge is 0.354 e. The van der Waals surface area contributed by atoms with Crippen LogP contribution in [0, 0.1) is 31.1 Å². The van der Waals surface area contributed by atoms with Gasteiger partial charge >= 0.3 is 0 Å². The molecule has 0 unspecified atom stereocenters. The molecule has 0 aliphatic rings. The van der Waals surface area contributed by atoms with E-state index in [9.17, 15) is 14.9 Å². The van der Waals surface area contributed by atoms with Crippen molar-refractivity contribution in [1.29, 1.82) is 5.26 Å². The standard InChI is InChI=1S/C24H30N4O2/c1-17(2)16-28-18(3)12-21(19(28)4)13-22(14-25)24(30)27-15-23(29)26-11-10-20-8-6-5-7-9-20/h5-9,12-13,17H,10-11,15-16H2,1-4H3,(H,26,29)(H,27,30)/b22-13+. The molecule has 0 aliphatic carbocycles. The maximum Gasteiger partial charge on any atom is 0.262 e. The summed E-state index contributed by atoms with van der Waals surface area (Å²) < 4.78 is 2.18. The van der Waals surface area contributed by atoms with E-state index in [-0.39, 0.29) is 18.0 Å². The first-order chi connectivity index (χ1) is 14.3. The van der Waals surface area contributed by atoms with Crippen molar-refractivity contribution >= 4 is 17.9 Å². The molecule has 1 aromatic carbocycles. The molecule has 0 fully saturated rings. The molecule has 6 nitrogen and oxygen atoms in total. The van der Waals surface area contributed by atoms with Crippen LogP contribution in [-0.2, 0) is 22.6 Å². The van der Waals surface area contributed by atoms with E-state index in [2.05, 4.69) is 29.0 Å². The van der Waals surface area contributed by atoms with Crippen molar-refractivity contribution in [2.75, 3.05) is 13.1 Å². The highest BCUT2D eigenvalue weighted by Crippen LogP contribution is 2.19. The monoisotopic (exact) mass is 406 g/mol. The molecule has 1 aromatic heterocycles. The first-order valence-corrected chi connectivity index (χ1v) is 10.2. The topological polar surface area (TPSA) is 86.9 Å². The minimum absolute atomic E-state index is 0.0168. The Bertz CT molecular complexity index is 950. The van der Waals surface area contributed by atoms with Crippen LogP contribution in [-0.4, -0.2) is 29.5 Å². The number of aryl methyl sites for hydroxylation is 1. The molecule has 1 heterocycles. The van der Waals surface area contributed by atoms with Gasteiger partial charge in [0.25, 0.3) is 5.91 Å². The fraction of sp³-hybridized carbons (Fsp3) is 0.375. The predicted molar refractivity (Wildman–Crippen MR) is 118 cm³/mol. The Labute approximate surface area is 178 Å². The molecular weight excluding hydrogens is 376 g/mol. The summed E-state index contributed by atoms with van der Waals surface area (Å²) in [6.45, 7) is 9.48. The molecule has 2 N–H and O–H groups in total. The Kier molecular flexibility index (Phi) is 8.42. The van der Waals surface area contributed by atoms with Gasteiger partial charge in [-0.2, -0.15) is 5.26 Å². The van der Waals surface area contributed by atoms with Gasteiger partial charge in [-0.15, -0.1) is 0 Å². The fourth-order valence-electron chi connectivity index (χ4n) is 3.23. The average Bonchev–Trinajstić information content (AvgIpc) is 2.98. The van der Waals surface area contributed by atoms with Crippen LogP contribution in [0.15, 0.2) is 42.0 Å². The molecule has 0 saturated carbocycles. The highest BCUT2D eigenvalue weighted by atomic mass is 16.2. The van der Waals surface area contributed by atoms with Crippen LogP contribution < -0.4 is 10.6 Å². The van der Waals surface area contributed by atoms with Crippen molar-refractivity contribution in [1.82, 2.24) is 15.2 Å². The van der Waals surface area contributed by atoms with Crippen LogP contribution in [0.25, 0.3) is 6.08 Å². The maximum absolute atomic E-state index is 12.4. The molecule has 0 aliphatic heterocycles. The van der Waals surface area contributed by atoms with E-state index in [0.717, 1.165) is 35.5 Å². The summed E-state index contributed by atoms with van der Waals surface area (Å²) in [5, 5.41) is 14.7. The van der Waals surface area contributed by atoms with Crippen molar-refractivity contribution < 1.29 is 9.59 Å². The number of nitriles is 1. The Morgan fingerprint density at radius 2 is 1.87 bits per heavy atom. The number of aromatic nitrogens is 1. The lowest BCUT2D eigenvalue weighted by Crippen LogP contribution is -2.38. The Morgan fingerprint density at radius 1 is 1.17 bits per heavy atom. The number of hydrogen-bond acceptors (Lipinski definition) is 3. The lowest BCUT2D eigenvalue weighted by Gasteiger charge is -2.12. The van der Waals surface area contributed by atoms with Gasteiger partial charge < -0.3 is 15.2 Å². The van der Waals surface area contributed by atoms with E-state index >= 15 is 0 Å². The molecule has 0 spiro atoms. The summed E-state index contributed by atoms with van der Waals surface area (Å²) in [6.07, 6.45) is 2.30. The minimum Gasteiger partial charge on any atom is -0.354 e. The zero-order chi connectivity index (χ0) is 22.1. The number of carbonyl (C=O) groups is 2. The third-order valence-electron chi connectivity index (χ3n) is 4.81. The predicted octanol–water partition coefficient (Wildman–Crippen LogP) is 3.14. The summed E-state index contributed by atoms with van der Waals surface area (Å²) in [5.41, 5.74) is 4.05. The first-order valence-electron chi connectivity index (χ1n) is 10.2. The van der Waals surface area contributed by atoms with Crippen LogP contribution in [0.4, 0.5) is 0 Å². The molecule has 6 heteroatoms. The number of carbonyl (C=O) groups excluding carboxylic acids is 2. The lowest BCUT2D eigenvalue weighted by molar-refractivity contribution is -0.124. The van der Waals surface area contributed by atoms with Crippen molar-refractivity contribution in [3.63, 3.8) is 0 Å². The molecule has 0 radical (unpaired) electrons. The zero-order valence-electron chi connectivity index (χ0n) is 18.2. The van der Waals surface area contributed by atoms with E-state index in [0.29, 0.717) is 12.5 Å². The fourth-order valence-corrected chi connectivity index (χ4v) is 3.23. The number of benzene rings is 1. The second-order valence-electron chi connectivity index (χ2n) is 7.77. The van der Waals surface area contributed by atoms with Gasteiger partial charge in [-0.3, -0.25) is 9.59 Å². The molecule has 30 heavy (non-hydrogen) atoms. The second-order valence-corrected chi connectivity index (χ2v) is 7.77. The number of hydrogen-bond donors (Lipinski definition) is 2. The summed E-state index contributed by atoms with van der Waals surface area (Å²) in [4.78, 5) is 24.4. The number of rotatable bonds is 9. The van der Waals surface area contributed by atoms with Crippen LogP contribution in [0.1, 0.15) is 36.4 Å². The Hall–Kier alpha value is -3.33. The number of nitrogens with one attached hydrogen (secondary N) is 2. The van der Waals surface area contributed by atoms with Gasteiger partial charge in [0.05, 0.1) is 6.54 Å². The third kappa shape index (κ3) is 6.63. The molecule has 2 aromatic rings. The van der Waals surface area contributed by atoms with Crippen molar-refractivity contribution in [3.05, 3.63) is 64.5 Å². The highest BCUT2D eigenvalue weighted by molar-refractivity contribution is 6.03. The molecule has 2 amide bonds. The smallest absolute Gasteiger partial charge is 0.262 e. The normalized spacial score (nSPS) is 11.3. The van der Waals surface area contributed by atoms with Crippen LogP contribution in [0.3, 0.4) is 0 Å². The molecule has 2 rings (SSSR count). The van der Waals surface area contributed by atoms with E-state index in [1.807, 2.05) is 56.3 Å². The van der Waals surface area contributed by atoms with Crippen LogP contribution in [0.5, 0.6) is 0 Å². The van der Waals surface area contributed by atoms with Crippen molar-refractivity contribution in [2.24, 2.45) is 5.92 Å². The van der Waals surface area contributed by atoms with E-state index in [1.54, 1.807) is 6.08 Å². The molecule has 0 atom stereocenters. The Balaban J connectivity index is 1.91.